The Labute approximate surface area is 102 Å². The smallest absolute Gasteiger partial charge is 0.329 e. The van der Waals surface area contributed by atoms with Crippen LogP contribution in [-0.4, -0.2) is 29.1 Å². The van der Waals surface area contributed by atoms with Gasteiger partial charge in [-0.3, -0.25) is 4.79 Å². The first-order valence-corrected chi connectivity index (χ1v) is 6.17. The van der Waals surface area contributed by atoms with Crippen LogP contribution in [0.5, 0.6) is 0 Å². The molecule has 0 saturated heterocycles. The van der Waals surface area contributed by atoms with E-state index in [1.165, 1.54) is 0 Å². The molecule has 1 fully saturated rings. The average Bonchev–Trinajstić information content (AvgIpc) is 3.09. The van der Waals surface area contributed by atoms with Gasteiger partial charge < -0.3 is 16.2 Å². The number of rotatable bonds is 7. The summed E-state index contributed by atoms with van der Waals surface area (Å²) >= 11 is 0. The third-order valence-corrected chi connectivity index (χ3v) is 3.51. The molecule has 0 heterocycles. The van der Waals surface area contributed by atoms with E-state index < -0.39 is 11.5 Å². The molecule has 98 valence electrons. The lowest BCUT2D eigenvalue weighted by molar-refractivity contribution is -0.148. The Kier molecular flexibility index (Phi) is 4.51. The van der Waals surface area contributed by atoms with E-state index in [0.717, 1.165) is 19.3 Å². The van der Waals surface area contributed by atoms with Gasteiger partial charge >= 0.3 is 5.97 Å². The van der Waals surface area contributed by atoms with Crippen molar-refractivity contribution in [1.82, 2.24) is 5.32 Å². The normalized spacial score (nSPS) is 20.4. The molecule has 2 unspecified atom stereocenters. The minimum atomic E-state index is -1.10. The molecule has 0 radical (unpaired) electrons. The Morgan fingerprint density at radius 1 is 1.53 bits per heavy atom. The maximum Gasteiger partial charge on any atom is 0.329 e. The molecule has 5 nitrogen and oxygen atoms in total. The second kappa shape index (κ2) is 5.49. The van der Waals surface area contributed by atoms with Gasteiger partial charge in [-0.25, -0.2) is 4.79 Å². The van der Waals surface area contributed by atoms with Gasteiger partial charge in [0.15, 0.2) is 0 Å². The Morgan fingerprint density at radius 3 is 2.53 bits per heavy atom. The van der Waals surface area contributed by atoms with Gasteiger partial charge in [-0.05, 0) is 45.1 Å². The largest absolute Gasteiger partial charge is 0.480 e. The number of carbonyl (C=O) groups excluding carboxylic acids is 1. The van der Waals surface area contributed by atoms with Crippen molar-refractivity contribution in [3.05, 3.63) is 0 Å². The molecular formula is C12H22N2O3. The average molecular weight is 242 g/mol. The molecule has 0 aliphatic heterocycles. The molecule has 0 spiro atoms. The third kappa shape index (κ3) is 3.43. The van der Waals surface area contributed by atoms with Crippen LogP contribution in [0.25, 0.3) is 0 Å². The molecule has 0 bridgehead atoms. The Hall–Kier alpha value is -1.10. The number of nitrogens with one attached hydrogen (secondary N) is 1. The predicted molar refractivity (Wildman–Crippen MR) is 64.4 cm³/mol. The summed E-state index contributed by atoms with van der Waals surface area (Å²) in [6.07, 6.45) is 3.23. The monoisotopic (exact) mass is 242 g/mol. The van der Waals surface area contributed by atoms with Gasteiger partial charge in [-0.1, -0.05) is 6.92 Å². The van der Waals surface area contributed by atoms with Gasteiger partial charge in [0.25, 0.3) is 0 Å². The Balaban J connectivity index is 2.55. The molecule has 1 amide bonds. The number of hydrogen-bond acceptors (Lipinski definition) is 3. The number of carboxylic acid groups (broad SMARTS) is 1. The van der Waals surface area contributed by atoms with Crippen LogP contribution in [0.2, 0.25) is 0 Å². The molecule has 1 saturated carbocycles. The fourth-order valence-electron chi connectivity index (χ4n) is 1.93. The van der Waals surface area contributed by atoms with E-state index in [0.29, 0.717) is 13.0 Å². The zero-order valence-corrected chi connectivity index (χ0v) is 10.5. The fraction of sp³-hybridized carbons (Fsp3) is 0.833. The maximum absolute atomic E-state index is 11.9. The zero-order chi connectivity index (χ0) is 13.1. The van der Waals surface area contributed by atoms with Crippen LogP contribution in [0, 0.1) is 11.8 Å². The molecule has 1 rings (SSSR count). The molecule has 1 aliphatic carbocycles. The molecule has 5 heteroatoms. The van der Waals surface area contributed by atoms with Crippen molar-refractivity contribution in [3.8, 4) is 0 Å². The van der Waals surface area contributed by atoms with Crippen molar-refractivity contribution in [2.45, 2.75) is 45.1 Å². The predicted octanol–water partition coefficient (Wildman–Crippen LogP) is 0.731. The second-order valence-electron chi connectivity index (χ2n) is 5.10. The number of amides is 1. The van der Waals surface area contributed by atoms with Crippen LogP contribution in [0.3, 0.4) is 0 Å². The quantitative estimate of drug-likeness (QED) is 0.613. The third-order valence-electron chi connectivity index (χ3n) is 3.51. The van der Waals surface area contributed by atoms with Crippen molar-refractivity contribution in [1.29, 1.82) is 0 Å². The summed E-state index contributed by atoms with van der Waals surface area (Å²) in [4.78, 5) is 23.1. The molecule has 1 aliphatic rings. The molecule has 17 heavy (non-hydrogen) atoms. The number of aliphatic carboxylic acids is 1. The zero-order valence-electron chi connectivity index (χ0n) is 10.5. The van der Waals surface area contributed by atoms with Crippen molar-refractivity contribution < 1.29 is 14.7 Å². The van der Waals surface area contributed by atoms with E-state index in [-0.39, 0.29) is 17.7 Å². The van der Waals surface area contributed by atoms with Gasteiger partial charge in [0.1, 0.15) is 5.54 Å². The van der Waals surface area contributed by atoms with E-state index in [4.69, 9.17) is 5.73 Å². The van der Waals surface area contributed by atoms with Crippen molar-refractivity contribution in [3.63, 3.8) is 0 Å². The molecule has 2 atom stereocenters. The topological polar surface area (TPSA) is 92.4 Å². The van der Waals surface area contributed by atoms with Crippen molar-refractivity contribution in [2.24, 2.45) is 17.6 Å². The van der Waals surface area contributed by atoms with Gasteiger partial charge in [0.05, 0.1) is 0 Å². The first kappa shape index (κ1) is 14.0. The summed E-state index contributed by atoms with van der Waals surface area (Å²) in [7, 11) is 0. The highest BCUT2D eigenvalue weighted by Gasteiger charge is 2.48. The summed E-state index contributed by atoms with van der Waals surface area (Å²) < 4.78 is 0. The highest BCUT2D eigenvalue weighted by atomic mass is 16.4. The summed E-state index contributed by atoms with van der Waals surface area (Å²) in [5.74, 6) is -1.24. The molecule has 0 aromatic rings. The minimum Gasteiger partial charge on any atom is -0.480 e. The van der Waals surface area contributed by atoms with E-state index in [2.05, 4.69) is 5.32 Å². The Morgan fingerprint density at radius 2 is 2.12 bits per heavy atom. The van der Waals surface area contributed by atoms with Crippen molar-refractivity contribution >= 4 is 11.9 Å². The lowest BCUT2D eigenvalue weighted by atomic mass is 9.94. The van der Waals surface area contributed by atoms with Gasteiger partial charge in [0.2, 0.25) is 5.91 Å². The SMILES string of the molecule is CC(CCCN)C(=O)NC(C)(C(=O)O)C1CC1. The van der Waals surface area contributed by atoms with Crippen molar-refractivity contribution in [2.75, 3.05) is 6.54 Å². The Bertz CT molecular complexity index is 302. The van der Waals surface area contributed by atoms with E-state index >= 15 is 0 Å². The number of hydrogen-bond donors (Lipinski definition) is 3. The number of nitrogens with two attached hydrogens (primary N) is 1. The lowest BCUT2D eigenvalue weighted by Gasteiger charge is -2.27. The number of carboxylic acids is 1. The van der Waals surface area contributed by atoms with Crippen LogP contribution < -0.4 is 11.1 Å². The van der Waals surface area contributed by atoms with E-state index in [1.54, 1.807) is 13.8 Å². The minimum absolute atomic E-state index is 0.0747. The maximum atomic E-state index is 11.9. The highest BCUT2D eigenvalue weighted by Crippen LogP contribution is 2.39. The first-order valence-electron chi connectivity index (χ1n) is 6.17. The molecule has 4 N–H and O–H groups in total. The first-order chi connectivity index (χ1) is 7.91. The summed E-state index contributed by atoms with van der Waals surface area (Å²) in [6, 6.07) is 0. The highest BCUT2D eigenvalue weighted by molar-refractivity contribution is 5.88. The second-order valence-corrected chi connectivity index (χ2v) is 5.10. The standard InChI is InChI=1S/C12H22N2O3/c1-8(4-3-7-13)10(15)14-12(2,11(16)17)9-5-6-9/h8-9H,3-7,13H2,1-2H3,(H,14,15)(H,16,17). The molecule has 0 aromatic carbocycles. The summed E-state index contributed by atoms with van der Waals surface area (Å²) in [5, 5.41) is 11.9. The van der Waals surface area contributed by atoms with Gasteiger partial charge in [-0.15, -0.1) is 0 Å². The van der Waals surface area contributed by atoms with Crippen LogP contribution in [-0.2, 0) is 9.59 Å². The fourth-order valence-corrected chi connectivity index (χ4v) is 1.93. The lowest BCUT2D eigenvalue weighted by Crippen LogP contribution is -2.55. The molecular weight excluding hydrogens is 220 g/mol. The van der Waals surface area contributed by atoms with E-state index in [9.17, 15) is 14.7 Å². The summed E-state index contributed by atoms with van der Waals surface area (Å²) in [6.45, 7) is 3.96. The van der Waals surface area contributed by atoms with Crippen LogP contribution in [0.1, 0.15) is 39.5 Å². The molecule has 0 aromatic heterocycles. The van der Waals surface area contributed by atoms with Crippen LogP contribution in [0.15, 0.2) is 0 Å². The van der Waals surface area contributed by atoms with Gasteiger partial charge in [-0.2, -0.15) is 0 Å². The van der Waals surface area contributed by atoms with Gasteiger partial charge in [0, 0.05) is 5.92 Å². The summed E-state index contributed by atoms with van der Waals surface area (Å²) in [5.41, 5.74) is 4.28. The number of carbonyl (C=O) groups is 2. The van der Waals surface area contributed by atoms with E-state index in [1.807, 2.05) is 0 Å². The van der Waals surface area contributed by atoms with Crippen LogP contribution >= 0.6 is 0 Å². The van der Waals surface area contributed by atoms with Crippen LogP contribution in [0.4, 0.5) is 0 Å².